The number of alkyl halides is 3. The molecule has 1 fully saturated rings. The summed E-state index contributed by atoms with van der Waals surface area (Å²) >= 11 is 0. The van der Waals surface area contributed by atoms with Crippen LogP contribution < -0.4 is 0 Å². The maximum Gasteiger partial charge on any atom is 0.416 e. The molecular formula is C14H16F3NO4S. The number of aliphatic carboxylic acids is 1. The van der Waals surface area contributed by atoms with E-state index in [0.717, 1.165) is 16.4 Å². The minimum Gasteiger partial charge on any atom is -0.481 e. The van der Waals surface area contributed by atoms with Crippen molar-refractivity contribution in [2.24, 2.45) is 5.41 Å². The predicted molar refractivity (Wildman–Crippen MR) is 75.3 cm³/mol. The highest BCUT2D eigenvalue weighted by molar-refractivity contribution is 7.89. The highest BCUT2D eigenvalue weighted by atomic mass is 32.2. The van der Waals surface area contributed by atoms with Crippen molar-refractivity contribution in [1.29, 1.82) is 0 Å². The molecule has 0 spiro atoms. The highest BCUT2D eigenvalue weighted by Gasteiger charge is 2.45. The van der Waals surface area contributed by atoms with Crippen LogP contribution in [0.1, 0.15) is 24.5 Å². The van der Waals surface area contributed by atoms with Gasteiger partial charge in [-0.15, -0.1) is 0 Å². The second-order valence-corrected chi connectivity index (χ2v) is 7.84. The van der Waals surface area contributed by atoms with E-state index in [0.29, 0.717) is 6.07 Å². The fourth-order valence-corrected chi connectivity index (χ4v) is 4.32. The summed E-state index contributed by atoms with van der Waals surface area (Å²) in [6, 6.07) is 2.41. The molecule has 1 N–H and O–H groups in total. The van der Waals surface area contributed by atoms with Gasteiger partial charge in [-0.3, -0.25) is 4.79 Å². The Morgan fingerprint density at radius 3 is 2.39 bits per heavy atom. The largest absolute Gasteiger partial charge is 0.481 e. The lowest BCUT2D eigenvalue weighted by Crippen LogP contribution is -2.35. The summed E-state index contributed by atoms with van der Waals surface area (Å²) < 4.78 is 64.2. The van der Waals surface area contributed by atoms with E-state index in [1.807, 2.05) is 0 Å². The average molecular weight is 351 g/mol. The zero-order valence-corrected chi connectivity index (χ0v) is 13.3. The van der Waals surface area contributed by atoms with E-state index in [1.54, 1.807) is 0 Å². The molecule has 23 heavy (non-hydrogen) atoms. The number of benzene rings is 1. The Hall–Kier alpha value is -1.61. The summed E-state index contributed by atoms with van der Waals surface area (Å²) in [5.41, 5.74) is -2.14. The van der Waals surface area contributed by atoms with Crippen molar-refractivity contribution in [3.05, 3.63) is 29.3 Å². The zero-order chi connectivity index (χ0) is 17.6. The van der Waals surface area contributed by atoms with Crippen molar-refractivity contribution in [2.75, 3.05) is 13.1 Å². The standard InChI is InChI=1S/C14H16F3NO4S/c1-9-7-10(14(15,16)17)3-4-11(9)23(21,22)18-6-5-13(2,8-18)12(19)20/h3-4,7H,5-6,8H2,1-2H3,(H,19,20). The lowest BCUT2D eigenvalue weighted by Gasteiger charge is -2.21. The van der Waals surface area contributed by atoms with Gasteiger partial charge in [0.05, 0.1) is 15.9 Å². The molecule has 1 aromatic rings. The molecule has 0 saturated carbocycles. The van der Waals surface area contributed by atoms with Gasteiger partial charge in [-0.05, 0) is 44.0 Å². The van der Waals surface area contributed by atoms with Gasteiger partial charge in [-0.2, -0.15) is 17.5 Å². The van der Waals surface area contributed by atoms with E-state index in [4.69, 9.17) is 5.11 Å². The van der Waals surface area contributed by atoms with Crippen LogP contribution in [-0.4, -0.2) is 36.9 Å². The Balaban J connectivity index is 2.37. The van der Waals surface area contributed by atoms with Crippen LogP contribution in [0.5, 0.6) is 0 Å². The first-order valence-electron chi connectivity index (χ1n) is 6.79. The van der Waals surface area contributed by atoms with Crippen molar-refractivity contribution < 1.29 is 31.5 Å². The Labute approximate surface area is 131 Å². The zero-order valence-electron chi connectivity index (χ0n) is 12.5. The molecule has 0 amide bonds. The van der Waals surface area contributed by atoms with Gasteiger partial charge in [-0.25, -0.2) is 8.42 Å². The summed E-state index contributed by atoms with van der Waals surface area (Å²) in [4.78, 5) is 11.0. The van der Waals surface area contributed by atoms with Gasteiger partial charge >= 0.3 is 12.1 Å². The Kier molecular flexibility index (Phi) is 4.23. The van der Waals surface area contributed by atoms with Crippen molar-refractivity contribution >= 4 is 16.0 Å². The minimum absolute atomic E-state index is 0.0194. The van der Waals surface area contributed by atoms with Gasteiger partial charge in [0.1, 0.15) is 0 Å². The lowest BCUT2D eigenvalue weighted by atomic mass is 9.90. The first kappa shape index (κ1) is 17.7. The van der Waals surface area contributed by atoms with E-state index in [2.05, 4.69) is 0 Å². The molecule has 1 aliphatic rings. The third kappa shape index (κ3) is 3.20. The van der Waals surface area contributed by atoms with Crippen molar-refractivity contribution in [3.63, 3.8) is 0 Å². The Morgan fingerprint density at radius 2 is 1.96 bits per heavy atom. The van der Waals surface area contributed by atoms with Crippen molar-refractivity contribution in [3.8, 4) is 0 Å². The summed E-state index contributed by atoms with van der Waals surface area (Å²) in [5.74, 6) is -1.10. The monoisotopic (exact) mass is 351 g/mol. The number of rotatable bonds is 3. The van der Waals surface area contributed by atoms with E-state index in [9.17, 15) is 26.4 Å². The fraction of sp³-hybridized carbons (Fsp3) is 0.500. The molecule has 0 radical (unpaired) electrons. The van der Waals surface area contributed by atoms with Gasteiger partial charge in [-0.1, -0.05) is 0 Å². The van der Waals surface area contributed by atoms with Crippen molar-refractivity contribution in [2.45, 2.75) is 31.3 Å². The van der Waals surface area contributed by atoms with Gasteiger partial charge in [0, 0.05) is 13.1 Å². The third-order valence-electron chi connectivity index (χ3n) is 4.07. The number of carboxylic acids is 1. The smallest absolute Gasteiger partial charge is 0.416 e. The molecule has 1 heterocycles. The maximum atomic E-state index is 12.7. The van der Waals surface area contributed by atoms with Crippen molar-refractivity contribution in [1.82, 2.24) is 4.31 Å². The molecule has 1 aliphatic heterocycles. The SMILES string of the molecule is Cc1cc(C(F)(F)F)ccc1S(=O)(=O)N1CCC(C)(C(=O)O)C1. The van der Waals surface area contributed by atoms with Crippen LogP contribution in [0.2, 0.25) is 0 Å². The first-order valence-corrected chi connectivity index (χ1v) is 8.23. The predicted octanol–water partition coefficient (Wildman–Crippen LogP) is 2.50. The van der Waals surface area contributed by atoms with E-state index >= 15 is 0 Å². The third-order valence-corrected chi connectivity index (χ3v) is 6.08. The summed E-state index contributed by atoms with van der Waals surface area (Å²) in [6.45, 7) is 2.55. The molecule has 5 nitrogen and oxygen atoms in total. The lowest BCUT2D eigenvalue weighted by molar-refractivity contribution is -0.147. The minimum atomic E-state index is -4.55. The number of hydrogen-bond donors (Lipinski definition) is 1. The van der Waals surface area contributed by atoms with Gasteiger partial charge in [0.15, 0.2) is 0 Å². The molecule has 2 rings (SSSR count). The number of sulfonamides is 1. The number of aryl methyl sites for hydroxylation is 1. The van der Waals surface area contributed by atoms with E-state index in [1.165, 1.54) is 13.8 Å². The second kappa shape index (κ2) is 5.48. The van der Waals surface area contributed by atoms with Gasteiger partial charge < -0.3 is 5.11 Å². The average Bonchev–Trinajstić information content (AvgIpc) is 2.82. The summed E-state index contributed by atoms with van der Waals surface area (Å²) in [5, 5.41) is 9.16. The van der Waals surface area contributed by atoms with E-state index in [-0.39, 0.29) is 30.0 Å². The van der Waals surface area contributed by atoms with Crippen LogP contribution in [-0.2, 0) is 21.0 Å². The molecule has 0 bridgehead atoms. The van der Waals surface area contributed by atoms with E-state index < -0.39 is 33.1 Å². The molecule has 1 saturated heterocycles. The fourth-order valence-electron chi connectivity index (χ4n) is 2.55. The molecule has 9 heteroatoms. The van der Waals surface area contributed by atoms with Gasteiger partial charge in [0.2, 0.25) is 10.0 Å². The topological polar surface area (TPSA) is 74.7 Å². The number of carbonyl (C=O) groups is 1. The molecular weight excluding hydrogens is 335 g/mol. The Bertz CT molecular complexity index is 745. The van der Waals surface area contributed by atoms with Crippen LogP contribution in [0.3, 0.4) is 0 Å². The highest BCUT2D eigenvalue weighted by Crippen LogP contribution is 2.36. The van der Waals surface area contributed by atoms with Crippen LogP contribution in [0.15, 0.2) is 23.1 Å². The normalized spacial score (nSPS) is 23.2. The molecule has 128 valence electrons. The molecule has 0 aliphatic carbocycles. The molecule has 1 unspecified atom stereocenters. The van der Waals surface area contributed by atoms with Crippen LogP contribution in [0.4, 0.5) is 13.2 Å². The number of carboxylic acid groups (broad SMARTS) is 1. The second-order valence-electron chi connectivity index (χ2n) is 5.93. The van der Waals surface area contributed by atoms with Crippen LogP contribution >= 0.6 is 0 Å². The van der Waals surface area contributed by atoms with Gasteiger partial charge in [0.25, 0.3) is 0 Å². The first-order chi connectivity index (χ1) is 10.4. The summed E-state index contributed by atoms with van der Waals surface area (Å²) in [6.07, 6.45) is -4.40. The van der Waals surface area contributed by atoms with Crippen LogP contribution in [0.25, 0.3) is 0 Å². The number of halogens is 3. The molecule has 0 aromatic heterocycles. The summed E-state index contributed by atoms with van der Waals surface area (Å²) in [7, 11) is -4.03. The maximum absolute atomic E-state index is 12.7. The quantitative estimate of drug-likeness (QED) is 0.908. The Morgan fingerprint density at radius 1 is 1.35 bits per heavy atom. The number of hydrogen-bond acceptors (Lipinski definition) is 3. The molecule has 1 atom stereocenters. The number of nitrogens with zero attached hydrogens (tertiary/aromatic N) is 1. The molecule has 1 aromatic carbocycles. The van der Waals surface area contributed by atoms with Crippen LogP contribution in [0, 0.1) is 12.3 Å².